The number of benzene rings is 2. The number of aryl methyl sites for hydroxylation is 1. The zero-order valence-corrected chi connectivity index (χ0v) is 18.8. The van der Waals surface area contributed by atoms with Crippen molar-refractivity contribution in [3.05, 3.63) is 81.4 Å². The maximum atomic E-state index is 12.1. The number of methoxy groups -OCH3 is 2. The Morgan fingerprint density at radius 3 is 2.42 bits per heavy atom. The number of primary amides is 1. The molecule has 3 rings (SSSR count). The van der Waals surface area contributed by atoms with E-state index < -0.39 is 23.0 Å². The van der Waals surface area contributed by atoms with Gasteiger partial charge in [0, 0.05) is 18.9 Å². The average molecular weight is 453 g/mol. The van der Waals surface area contributed by atoms with Gasteiger partial charge in [0.25, 0.3) is 0 Å². The highest BCUT2D eigenvalue weighted by Gasteiger charge is 2.26. The topological polar surface area (TPSA) is 121 Å². The van der Waals surface area contributed by atoms with Crippen molar-refractivity contribution < 1.29 is 28.5 Å². The molecule has 33 heavy (non-hydrogen) atoms. The third-order valence-corrected chi connectivity index (χ3v) is 5.19. The number of hydrogen-bond acceptors (Lipinski definition) is 7. The zero-order valence-electron chi connectivity index (χ0n) is 18.8. The fourth-order valence-corrected chi connectivity index (χ4v) is 3.52. The van der Waals surface area contributed by atoms with Crippen LogP contribution in [-0.2, 0) is 11.2 Å². The molecule has 1 amide bonds. The monoisotopic (exact) mass is 453 g/mol. The molecule has 8 heteroatoms. The molecule has 0 saturated heterocycles. The lowest BCUT2D eigenvalue weighted by molar-refractivity contribution is -0.118. The molecule has 3 N–H and O–H groups in total. The van der Waals surface area contributed by atoms with E-state index in [0.717, 1.165) is 11.3 Å². The molecule has 0 radical (unpaired) electrons. The van der Waals surface area contributed by atoms with Gasteiger partial charge in [0.2, 0.25) is 17.1 Å². The van der Waals surface area contributed by atoms with Gasteiger partial charge in [-0.05, 0) is 42.3 Å². The van der Waals surface area contributed by atoms with Crippen molar-refractivity contribution in [1.29, 1.82) is 0 Å². The molecule has 0 aliphatic heterocycles. The molecule has 3 aromatic rings. The van der Waals surface area contributed by atoms with E-state index in [4.69, 9.17) is 24.4 Å². The Morgan fingerprint density at radius 1 is 1.06 bits per heavy atom. The molecule has 1 heterocycles. The highest BCUT2D eigenvalue weighted by molar-refractivity contribution is 5.75. The van der Waals surface area contributed by atoms with E-state index in [2.05, 4.69) is 0 Å². The standard InChI is InChI=1S/C25H27NO7/c1-15-12-20(27)24(29)25(33-15)19(14-23(26)28)17-6-9-21(31-3)22(13-17)32-11-10-16-4-7-18(30-2)8-5-16/h4-9,12-13,19,29H,10-11,14H2,1-3H3,(H2,26,28). The number of ether oxygens (including phenoxy) is 3. The number of carbonyl (C=O) groups excluding carboxylic acids is 1. The molecule has 174 valence electrons. The summed E-state index contributed by atoms with van der Waals surface area (Å²) >= 11 is 0. The molecule has 0 fully saturated rings. The van der Waals surface area contributed by atoms with Gasteiger partial charge in [-0.3, -0.25) is 9.59 Å². The van der Waals surface area contributed by atoms with Gasteiger partial charge in [-0.25, -0.2) is 0 Å². The molecule has 1 unspecified atom stereocenters. The van der Waals surface area contributed by atoms with Crippen molar-refractivity contribution in [2.24, 2.45) is 5.73 Å². The molecule has 1 atom stereocenters. The van der Waals surface area contributed by atoms with Crippen molar-refractivity contribution in [3.8, 4) is 23.0 Å². The maximum Gasteiger partial charge on any atom is 0.227 e. The minimum atomic E-state index is -0.773. The summed E-state index contributed by atoms with van der Waals surface area (Å²) in [6, 6.07) is 14.0. The summed E-state index contributed by atoms with van der Waals surface area (Å²) < 4.78 is 22.2. The van der Waals surface area contributed by atoms with Gasteiger partial charge >= 0.3 is 0 Å². The Balaban J connectivity index is 1.89. The largest absolute Gasteiger partial charge is 0.502 e. The number of rotatable bonds is 10. The van der Waals surface area contributed by atoms with Crippen LogP contribution in [-0.4, -0.2) is 31.8 Å². The molecule has 0 spiro atoms. The first-order valence-corrected chi connectivity index (χ1v) is 10.4. The van der Waals surface area contributed by atoms with Gasteiger partial charge in [-0.1, -0.05) is 18.2 Å². The first-order chi connectivity index (χ1) is 15.8. The second-order valence-corrected chi connectivity index (χ2v) is 7.51. The first kappa shape index (κ1) is 23.7. The molecule has 2 aromatic carbocycles. The minimum Gasteiger partial charge on any atom is -0.502 e. The minimum absolute atomic E-state index is 0.0202. The van der Waals surface area contributed by atoms with Crippen LogP contribution in [0.2, 0.25) is 0 Å². The maximum absolute atomic E-state index is 12.1. The van der Waals surface area contributed by atoms with Crippen LogP contribution >= 0.6 is 0 Å². The van der Waals surface area contributed by atoms with E-state index >= 15 is 0 Å². The van der Waals surface area contributed by atoms with Crippen LogP contribution in [0.1, 0.15) is 35.0 Å². The summed E-state index contributed by atoms with van der Waals surface area (Å²) in [4.78, 5) is 23.9. The predicted molar refractivity (Wildman–Crippen MR) is 122 cm³/mol. The predicted octanol–water partition coefficient (Wildman–Crippen LogP) is 3.30. The van der Waals surface area contributed by atoms with Crippen LogP contribution in [0.4, 0.5) is 0 Å². The molecular weight excluding hydrogens is 426 g/mol. The molecule has 0 aliphatic rings. The Hall–Kier alpha value is -3.94. The summed E-state index contributed by atoms with van der Waals surface area (Å²) in [6.07, 6.45) is 0.479. The Bertz CT molecular complexity index is 1170. The SMILES string of the molecule is COc1ccc(CCOc2cc(C(CC(N)=O)c3oc(C)cc(=O)c3O)ccc2OC)cc1. The average Bonchev–Trinajstić information content (AvgIpc) is 2.80. The quantitative estimate of drug-likeness (QED) is 0.483. The Morgan fingerprint density at radius 2 is 1.79 bits per heavy atom. The summed E-state index contributed by atoms with van der Waals surface area (Å²) in [5.74, 6) is 0.0881. The molecular formula is C25H27NO7. The highest BCUT2D eigenvalue weighted by Crippen LogP contribution is 2.37. The molecule has 0 bridgehead atoms. The molecule has 1 aromatic heterocycles. The smallest absolute Gasteiger partial charge is 0.227 e. The van der Waals surface area contributed by atoms with Crippen LogP contribution < -0.4 is 25.4 Å². The second-order valence-electron chi connectivity index (χ2n) is 7.51. The Kier molecular flexibility index (Phi) is 7.61. The lowest BCUT2D eigenvalue weighted by Gasteiger charge is -2.19. The summed E-state index contributed by atoms with van der Waals surface area (Å²) in [5.41, 5.74) is 6.51. The van der Waals surface area contributed by atoms with Gasteiger partial charge < -0.3 is 29.5 Å². The first-order valence-electron chi connectivity index (χ1n) is 10.4. The van der Waals surface area contributed by atoms with E-state index in [0.29, 0.717) is 35.9 Å². The van der Waals surface area contributed by atoms with Crippen LogP contribution in [0.3, 0.4) is 0 Å². The lowest BCUT2D eigenvalue weighted by atomic mass is 9.91. The van der Waals surface area contributed by atoms with Crippen LogP contribution in [0.25, 0.3) is 0 Å². The van der Waals surface area contributed by atoms with Crippen molar-refractivity contribution in [2.45, 2.75) is 25.7 Å². The van der Waals surface area contributed by atoms with Gasteiger partial charge in [0.1, 0.15) is 11.5 Å². The second kappa shape index (κ2) is 10.6. The zero-order chi connectivity index (χ0) is 24.0. The van der Waals surface area contributed by atoms with Crippen LogP contribution in [0.15, 0.2) is 57.7 Å². The van der Waals surface area contributed by atoms with E-state index in [1.165, 1.54) is 13.2 Å². The number of carbonyl (C=O) groups is 1. The third kappa shape index (κ3) is 5.85. The Labute approximate surface area is 191 Å². The van der Waals surface area contributed by atoms with Gasteiger partial charge in [-0.2, -0.15) is 0 Å². The molecule has 8 nitrogen and oxygen atoms in total. The summed E-state index contributed by atoms with van der Waals surface area (Å²) in [6.45, 7) is 1.96. The van der Waals surface area contributed by atoms with Crippen molar-refractivity contribution >= 4 is 5.91 Å². The van der Waals surface area contributed by atoms with E-state index in [9.17, 15) is 14.7 Å². The fraction of sp³-hybridized carbons (Fsp3) is 0.280. The number of nitrogens with two attached hydrogens (primary N) is 1. The molecule has 0 saturated carbocycles. The fourth-order valence-electron chi connectivity index (χ4n) is 3.52. The van der Waals surface area contributed by atoms with Gasteiger partial charge in [0.15, 0.2) is 17.3 Å². The van der Waals surface area contributed by atoms with Crippen LogP contribution in [0, 0.1) is 6.92 Å². The molecule has 0 aliphatic carbocycles. The number of hydrogen-bond donors (Lipinski definition) is 2. The van der Waals surface area contributed by atoms with E-state index in [-0.39, 0.29) is 12.2 Å². The number of aromatic hydroxyl groups is 1. The number of amides is 1. The summed E-state index contributed by atoms with van der Waals surface area (Å²) in [5, 5.41) is 10.3. The highest BCUT2D eigenvalue weighted by atomic mass is 16.5. The van der Waals surface area contributed by atoms with Gasteiger partial charge in [0.05, 0.1) is 26.7 Å². The lowest BCUT2D eigenvalue weighted by Crippen LogP contribution is -2.18. The van der Waals surface area contributed by atoms with E-state index in [1.54, 1.807) is 32.2 Å². The summed E-state index contributed by atoms with van der Waals surface area (Å²) in [7, 11) is 3.14. The van der Waals surface area contributed by atoms with Crippen molar-refractivity contribution in [1.82, 2.24) is 0 Å². The van der Waals surface area contributed by atoms with Crippen molar-refractivity contribution in [2.75, 3.05) is 20.8 Å². The van der Waals surface area contributed by atoms with Crippen molar-refractivity contribution in [3.63, 3.8) is 0 Å². The van der Waals surface area contributed by atoms with Crippen LogP contribution in [0.5, 0.6) is 23.0 Å². The normalized spacial score (nSPS) is 11.6. The van der Waals surface area contributed by atoms with E-state index in [1.807, 2.05) is 24.3 Å². The van der Waals surface area contributed by atoms with Gasteiger partial charge in [-0.15, -0.1) is 0 Å². The third-order valence-electron chi connectivity index (χ3n) is 5.19.